The molecule has 0 N–H and O–H groups in total. The topological polar surface area (TPSA) is 20.3 Å². The Morgan fingerprint density at radius 2 is 1.41 bits per heavy atom. The number of carbonyl (C=O) groups excluding carboxylic acids is 1. The molecule has 0 aliphatic heterocycles. The second-order valence-electron chi connectivity index (χ2n) is 6.80. The zero-order chi connectivity index (χ0) is 16.6. The van der Waals surface area contributed by atoms with Crippen molar-refractivity contribution in [3.05, 3.63) is 12.7 Å². The Balaban J connectivity index is 3.57. The van der Waals surface area contributed by atoms with E-state index in [1.54, 1.807) is 0 Å². The highest BCUT2D eigenvalue weighted by molar-refractivity contribution is 5.88. The summed E-state index contributed by atoms with van der Waals surface area (Å²) in [7, 11) is 4.32. The van der Waals surface area contributed by atoms with E-state index < -0.39 is 0 Å². The van der Waals surface area contributed by atoms with Gasteiger partial charge < -0.3 is 4.90 Å². The van der Waals surface area contributed by atoms with E-state index in [0.717, 1.165) is 12.8 Å². The van der Waals surface area contributed by atoms with Gasteiger partial charge in [0.1, 0.15) is 0 Å². The minimum Gasteiger partial charge on any atom is -0.306 e. The summed E-state index contributed by atoms with van der Waals surface area (Å²) in [4.78, 5) is 13.6. The Bertz CT molecular complexity index is 273. The smallest absolute Gasteiger partial charge is 0.155 e. The van der Waals surface area contributed by atoms with Crippen molar-refractivity contribution in [1.29, 1.82) is 0 Å². The number of nitrogens with zero attached hydrogens (tertiary/aromatic N) is 1. The van der Waals surface area contributed by atoms with Crippen LogP contribution in [-0.2, 0) is 4.79 Å². The Morgan fingerprint density at radius 1 is 0.909 bits per heavy atom. The molecule has 0 fully saturated rings. The molecule has 2 nitrogen and oxygen atoms in total. The minimum absolute atomic E-state index is 0.181. The van der Waals surface area contributed by atoms with Crippen molar-refractivity contribution in [2.24, 2.45) is 0 Å². The van der Waals surface area contributed by atoms with E-state index in [0.29, 0.717) is 12.5 Å². The van der Waals surface area contributed by atoms with Gasteiger partial charge in [0, 0.05) is 12.5 Å². The molecule has 1 unspecified atom stereocenters. The third-order valence-corrected chi connectivity index (χ3v) is 4.56. The van der Waals surface area contributed by atoms with Crippen LogP contribution in [0.1, 0.15) is 90.4 Å². The van der Waals surface area contributed by atoms with Gasteiger partial charge in [0.15, 0.2) is 5.78 Å². The van der Waals surface area contributed by atoms with Gasteiger partial charge in [0.2, 0.25) is 0 Å². The monoisotopic (exact) mass is 309 g/mol. The van der Waals surface area contributed by atoms with E-state index in [9.17, 15) is 4.79 Å². The first-order chi connectivity index (χ1) is 10.6. The maximum Gasteiger partial charge on any atom is 0.155 e. The fraction of sp³-hybridized carbons (Fsp3) is 0.850. The van der Waals surface area contributed by atoms with Crippen molar-refractivity contribution in [2.75, 3.05) is 14.1 Å². The molecule has 22 heavy (non-hydrogen) atoms. The van der Waals surface area contributed by atoms with Crippen LogP contribution >= 0.6 is 0 Å². The first-order valence-electron chi connectivity index (χ1n) is 9.43. The standard InChI is InChI=1S/C20H39NO/c1-5-7-8-9-10-11-12-13-14-16-19(21(3)4)17-15-18-20(22)6-2/h6,19H,2,5,7-18H2,1,3-4H3. The molecule has 2 heteroatoms. The summed E-state index contributed by atoms with van der Waals surface area (Å²) < 4.78 is 0. The summed E-state index contributed by atoms with van der Waals surface area (Å²) >= 11 is 0. The average molecular weight is 310 g/mol. The third-order valence-electron chi connectivity index (χ3n) is 4.56. The van der Waals surface area contributed by atoms with Crippen LogP contribution in [0.25, 0.3) is 0 Å². The average Bonchev–Trinajstić information content (AvgIpc) is 2.50. The summed E-state index contributed by atoms with van der Waals surface area (Å²) in [5.41, 5.74) is 0. The van der Waals surface area contributed by atoms with Gasteiger partial charge in [-0.2, -0.15) is 0 Å². The number of rotatable bonds is 16. The molecule has 0 aliphatic carbocycles. The zero-order valence-electron chi connectivity index (χ0n) is 15.4. The number of allylic oxidation sites excluding steroid dienone is 1. The summed E-state index contributed by atoms with van der Waals surface area (Å²) in [6.07, 6.45) is 18.0. The van der Waals surface area contributed by atoms with Crippen molar-refractivity contribution in [3.8, 4) is 0 Å². The van der Waals surface area contributed by atoms with Gasteiger partial charge in [-0.25, -0.2) is 0 Å². The fourth-order valence-corrected chi connectivity index (χ4v) is 2.97. The van der Waals surface area contributed by atoms with E-state index in [1.165, 1.54) is 70.3 Å². The highest BCUT2D eigenvalue weighted by Gasteiger charge is 2.11. The highest BCUT2D eigenvalue weighted by Crippen LogP contribution is 2.16. The Hall–Kier alpha value is -0.630. The number of ketones is 1. The second kappa shape index (κ2) is 15.3. The van der Waals surface area contributed by atoms with Crippen LogP contribution in [-0.4, -0.2) is 30.8 Å². The normalized spacial score (nSPS) is 12.5. The molecule has 0 saturated heterocycles. The van der Waals surface area contributed by atoms with Crippen LogP contribution in [0.4, 0.5) is 0 Å². The SMILES string of the molecule is C=CC(=O)CCCC(CCCCCCCCCCC)N(C)C. The molecule has 0 radical (unpaired) electrons. The molecule has 0 aromatic carbocycles. The first-order valence-corrected chi connectivity index (χ1v) is 9.43. The number of carbonyl (C=O) groups is 1. The van der Waals surface area contributed by atoms with Gasteiger partial charge in [0.25, 0.3) is 0 Å². The number of hydrogen-bond donors (Lipinski definition) is 0. The highest BCUT2D eigenvalue weighted by atomic mass is 16.1. The van der Waals surface area contributed by atoms with Gasteiger partial charge in [-0.05, 0) is 39.4 Å². The number of unbranched alkanes of at least 4 members (excludes halogenated alkanes) is 8. The molecule has 0 aromatic rings. The Labute approximate surface area is 139 Å². The van der Waals surface area contributed by atoms with Gasteiger partial charge in [-0.1, -0.05) is 71.3 Å². The lowest BCUT2D eigenvalue weighted by Gasteiger charge is -2.24. The summed E-state index contributed by atoms with van der Waals surface area (Å²) in [6.45, 7) is 5.81. The lowest BCUT2D eigenvalue weighted by atomic mass is 9.99. The maximum atomic E-state index is 11.3. The fourth-order valence-electron chi connectivity index (χ4n) is 2.97. The van der Waals surface area contributed by atoms with Crippen LogP contribution in [0.15, 0.2) is 12.7 Å². The molecule has 0 bridgehead atoms. The van der Waals surface area contributed by atoms with Gasteiger partial charge >= 0.3 is 0 Å². The maximum absolute atomic E-state index is 11.3. The zero-order valence-corrected chi connectivity index (χ0v) is 15.4. The largest absolute Gasteiger partial charge is 0.306 e. The molecular formula is C20H39NO. The van der Waals surface area contributed by atoms with Crippen molar-refractivity contribution < 1.29 is 4.79 Å². The lowest BCUT2D eigenvalue weighted by Crippen LogP contribution is -2.27. The van der Waals surface area contributed by atoms with E-state index in [-0.39, 0.29) is 5.78 Å². The van der Waals surface area contributed by atoms with Crippen LogP contribution in [0.5, 0.6) is 0 Å². The third kappa shape index (κ3) is 13.1. The molecule has 0 saturated carbocycles. The van der Waals surface area contributed by atoms with Crippen LogP contribution in [0.2, 0.25) is 0 Å². The van der Waals surface area contributed by atoms with E-state index in [2.05, 4.69) is 32.5 Å². The summed E-state index contributed by atoms with van der Waals surface area (Å²) in [6, 6.07) is 0.627. The predicted octanol–water partition coefficient (Wildman–Crippen LogP) is 5.76. The molecule has 130 valence electrons. The molecule has 0 aliphatic rings. The van der Waals surface area contributed by atoms with Gasteiger partial charge in [-0.15, -0.1) is 0 Å². The quantitative estimate of drug-likeness (QED) is 0.267. The molecule has 0 aromatic heterocycles. The van der Waals surface area contributed by atoms with E-state index in [1.807, 2.05) is 0 Å². The predicted molar refractivity (Wildman–Crippen MR) is 98.4 cm³/mol. The van der Waals surface area contributed by atoms with Crippen LogP contribution in [0.3, 0.4) is 0 Å². The van der Waals surface area contributed by atoms with Gasteiger partial charge in [0.05, 0.1) is 0 Å². The van der Waals surface area contributed by atoms with Crippen LogP contribution < -0.4 is 0 Å². The van der Waals surface area contributed by atoms with Crippen molar-refractivity contribution in [1.82, 2.24) is 4.90 Å². The Morgan fingerprint density at radius 3 is 1.91 bits per heavy atom. The second-order valence-corrected chi connectivity index (χ2v) is 6.80. The van der Waals surface area contributed by atoms with Crippen molar-refractivity contribution >= 4 is 5.78 Å². The molecule has 0 rings (SSSR count). The minimum atomic E-state index is 0.181. The Kier molecular flexibility index (Phi) is 14.8. The first kappa shape index (κ1) is 21.4. The summed E-state index contributed by atoms with van der Waals surface area (Å²) in [5, 5.41) is 0. The van der Waals surface area contributed by atoms with Crippen molar-refractivity contribution in [3.63, 3.8) is 0 Å². The van der Waals surface area contributed by atoms with E-state index in [4.69, 9.17) is 0 Å². The molecule has 1 atom stereocenters. The summed E-state index contributed by atoms with van der Waals surface area (Å²) in [5.74, 6) is 0.181. The molecule has 0 amide bonds. The van der Waals surface area contributed by atoms with Crippen LogP contribution in [0, 0.1) is 0 Å². The number of hydrogen-bond acceptors (Lipinski definition) is 2. The van der Waals surface area contributed by atoms with Gasteiger partial charge in [-0.3, -0.25) is 4.79 Å². The lowest BCUT2D eigenvalue weighted by molar-refractivity contribution is -0.114. The molecule has 0 spiro atoms. The molecule has 0 heterocycles. The molecular weight excluding hydrogens is 270 g/mol. The van der Waals surface area contributed by atoms with Crippen molar-refractivity contribution in [2.45, 2.75) is 96.4 Å². The van der Waals surface area contributed by atoms with E-state index >= 15 is 0 Å².